The van der Waals surface area contributed by atoms with E-state index in [4.69, 9.17) is 14.2 Å². The van der Waals surface area contributed by atoms with Crippen molar-refractivity contribution in [3.63, 3.8) is 0 Å². The number of methoxy groups -OCH3 is 1. The van der Waals surface area contributed by atoms with E-state index in [1.807, 2.05) is 0 Å². The van der Waals surface area contributed by atoms with Gasteiger partial charge >= 0.3 is 0 Å². The molecule has 1 amide bonds. The van der Waals surface area contributed by atoms with Crippen molar-refractivity contribution in [3.8, 4) is 11.5 Å². The molecule has 1 aliphatic heterocycles. The average Bonchev–Trinajstić information content (AvgIpc) is 2.91. The highest BCUT2D eigenvalue weighted by Crippen LogP contribution is 2.35. The Hall–Kier alpha value is -2.00. The first-order valence-corrected chi connectivity index (χ1v) is 8.81. The van der Waals surface area contributed by atoms with E-state index in [0.29, 0.717) is 23.8 Å². The maximum Gasteiger partial charge on any atom is 0.241 e. The van der Waals surface area contributed by atoms with E-state index in [1.54, 1.807) is 19.1 Å². The van der Waals surface area contributed by atoms with Gasteiger partial charge in [0.05, 0.1) is 18.6 Å². The van der Waals surface area contributed by atoms with Crippen molar-refractivity contribution < 1.29 is 27.4 Å². The molecule has 0 aliphatic carbocycles. The molecule has 2 rings (SSSR count). The van der Waals surface area contributed by atoms with Gasteiger partial charge in [0.2, 0.25) is 22.7 Å². The number of amides is 1. The molecule has 0 saturated carbocycles. The van der Waals surface area contributed by atoms with E-state index in [9.17, 15) is 13.2 Å². The van der Waals surface area contributed by atoms with Crippen LogP contribution in [0.2, 0.25) is 0 Å². The lowest BCUT2D eigenvalue weighted by Crippen LogP contribution is -2.44. The Balaban J connectivity index is 2.17. The number of fused-ring (bicyclic) bond motifs is 1. The summed E-state index contributed by atoms with van der Waals surface area (Å²) in [5.74, 6) is 0.572. The first-order chi connectivity index (χ1) is 10.8. The normalized spacial score (nSPS) is 14.4. The number of hydrogen-bond donors (Lipinski definition) is 1. The van der Waals surface area contributed by atoms with Crippen molar-refractivity contribution in [3.05, 3.63) is 18.2 Å². The van der Waals surface area contributed by atoms with Crippen molar-refractivity contribution >= 4 is 21.6 Å². The molecule has 0 aromatic heterocycles. The number of nitrogens with zero attached hydrogens (tertiary/aromatic N) is 1. The lowest BCUT2D eigenvalue weighted by atomic mass is 10.2. The Morgan fingerprint density at radius 2 is 2.09 bits per heavy atom. The summed E-state index contributed by atoms with van der Waals surface area (Å²) in [5, 5.41) is 2.68. The minimum Gasteiger partial charge on any atom is -0.454 e. The van der Waals surface area contributed by atoms with E-state index in [-0.39, 0.29) is 19.4 Å². The fourth-order valence-electron chi connectivity index (χ4n) is 2.18. The average molecular weight is 344 g/mol. The maximum atomic E-state index is 12.1. The van der Waals surface area contributed by atoms with Gasteiger partial charge in [-0.05, 0) is 19.1 Å². The van der Waals surface area contributed by atoms with Gasteiger partial charge in [0.15, 0.2) is 11.5 Å². The third-order valence-electron chi connectivity index (χ3n) is 3.16. The Morgan fingerprint density at radius 3 is 2.74 bits per heavy atom. The number of sulfonamides is 1. The van der Waals surface area contributed by atoms with Gasteiger partial charge in [-0.2, -0.15) is 0 Å². The molecule has 128 valence electrons. The van der Waals surface area contributed by atoms with Crippen LogP contribution in [-0.4, -0.2) is 53.7 Å². The van der Waals surface area contributed by atoms with E-state index in [0.717, 1.165) is 10.6 Å². The second kappa shape index (κ2) is 7.05. The first kappa shape index (κ1) is 17.4. The van der Waals surface area contributed by atoms with Crippen LogP contribution in [0.1, 0.15) is 6.92 Å². The molecule has 0 bridgehead atoms. The number of rotatable bonds is 7. The van der Waals surface area contributed by atoms with Gasteiger partial charge in [-0.25, -0.2) is 8.42 Å². The third kappa shape index (κ3) is 4.49. The van der Waals surface area contributed by atoms with Gasteiger partial charge in [0.25, 0.3) is 0 Å². The minimum atomic E-state index is -3.63. The summed E-state index contributed by atoms with van der Waals surface area (Å²) in [7, 11) is -2.11. The van der Waals surface area contributed by atoms with Crippen LogP contribution in [0.4, 0.5) is 5.69 Å². The SMILES string of the molecule is COC[C@@H](C)NC(=O)CN(c1ccc2c(c1)OCO2)S(C)(=O)=O. The summed E-state index contributed by atoms with van der Waals surface area (Å²) in [6.45, 7) is 1.88. The number of carbonyl (C=O) groups excluding carboxylic acids is 1. The molecule has 1 heterocycles. The highest BCUT2D eigenvalue weighted by atomic mass is 32.2. The smallest absolute Gasteiger partial charge is 0.241 e. The molecule has 0 spiro atoms. The van der Waals surface area contributed by atoms with Crippen LogP contribution in [0.5, 0.6) is 11.5 Å². The van der Waals surface area contributed by atoms with Crippen molar-refractivity contribution in [2.24, 2.45) is 0 Å². The number of carbonyl (C=O) groups is 1. The van der Waals surface area contributed by atoms with Crippen LogP contribution >= 0.6 is 0 Å². The largest absolute Gasteiger partial charge is 0.454 e. The lowest BCUT2D eigenvalue weighted by Gasteiger charge is -2.23. The zero-order valence-electron chi connectivity index (χ0n) is 13.2. The highest BCUT2D eigenvalue weighted by Gasteiger charge is 2.24. The molecule has 1 aliphatic rings. The summed E-state index contributed by atoms with van der Waals surface area (Å²) >= 11 is 0. The van der Waals surface area contributed by atoms with Gasteiger partial charge in [-0.1, -0.05) is 0 Å². The quantitative estimate of drug-likeness (QED) is 0.766. The van der Waals surface area contributed by atoms with Gasteiger partial charge in [-0.3, -0.25) is 9.10 Å². The number of ether oxygens (including phenoxy) is 3. The maximum absolute atomic E-state index is 12.1. The molecule has 8 nitrogen and oxygen atoms in total. The molecule has 1 aromatic carbocycles. The van der Waals surface area contributed by atoms with Crippen molar-refractivity contribution in [2.45, 2.75) is 13.0 Å². The predicted octanol–water partition coefficient (Wildman–Crippen LogP) is 0.332. The third-order valence-corrected chi connectivity index (χ3v) is 4.30. The van der Waals surface area contributed by atoms with E-state index < -0.39 is 15.9 Å². The van der Waals surface area contributed by atoms with E-state index in [1.165, 1.54) is 13.2 Å². The Kier molecular flexibility index (Phi) is 5.32. The molecule has 0 fully saturated rings. The van der Waals surface area contributed by atoms with Crippen LogP contribution in [0, 0.1) is 0 Å². The topological polar surface area (TPSA) is 94.2 Å². The molecule has 1 aromatic rings. The molecule has 9 heteroatoms. The molecule has 23 heavy (non-hydrogen) atoms. The lowest BCUT2D eigenvalue weighted by molar-refractivity contribution is -0.120. The molecule has 1 N–H and O–H groups in total. The summed E-state index contributed by atoms with van der Waals surface area (Å²) in [4.78, 5) is 12.1. The van der Waals surface area contributed by atoms with Crippen LogP contribution in [0.15, 0.2) is 18.2 Å². The van der Waals surface area contributed by atoms with Crippen LogP contribution < -0.4 is 19.1 Å². The number of nitrogens with one attached hydrogen (secondary N) is 1. The molecule has 0 unspecified atom stereocenters. The van der Waals surface area contributed by atoms with Crippen LogP contribution in [0.3, 0.4) is 0 Å². The summed E-state index contributed by atoms with van der Waals surface area (Å²) in [6.07, 6.45) is 1.05. The molecular formula is C14H20N2O6S. The first-order valence-electron chi connectivity index (χ1n) is 6.97. The van der Waals surface area contributed by atoms with Gasteiger partial charge in [-0.15, -0.1) is 0 Å². The second-order valence-electron chi connectivity index (χ2n) is 5.23. The zero-order chi connectivity index (χ0) is 17.0. The summed E-state index contributed by atoms with van der Waals surface area (Å²) < 4.78 is 40.4. The van der Waals surface area contributed by atoms with Gasteiger partial charge in [0, 0.05) is 19.2 Å². The minimum absolute atomic E-state index is 0.0900. The Bertz CT molecular complexity index is 676. The zero-order valence-corrected chi connectivity index (χ0v) is 14.1. The number of anilines is 1. The van der Waals surface area contributed by atoms with Crippen molar-refractivity contribution in [1.82, 2.24) is 5.32 Å². The molecular weight excluding hydrogens is 324 g/mol. The van der Waals surface area contributed by atoms with Crippen LogP contribution in [-0.2, 0) is 19.6 Å². The van der Waals surface area contributed by atoms with Gasteiger partial charge in [0.1, 0.15) is 6.54 Å². The fraction of sp³-hybridized carbons (Fsp3) is 0.500. The second-order valence-corrected chi connectivity index (χ2v) is 7.14. The monoisotopic (exact) mass is 344 g/mol. The van der Waals surface area contributed by atoms with Gasteiger partial charge < -0.3 is 19.5 Å². The number of benzene rings is 1. The standard InChI is InChI=1S/C14H20N2O6S/c1-10(8-20-2)15-14(17)7-16(23(3,18)19)11-4-5-12-13(6-11)22-9-21-12/h4-6,10H,7-9H2,1-3H3,(H,15,17)/t10-/m1/s1. The van der Waals surface area contributed by atoms with Crippen molar-refractivity contribution in [2.75, 3.05) is 37.6 Å². The molecule has 0 radical (unpaired) electrons. The predicted molar refractivity (Wildman–Crippen MR) is 84.2 cm³/mol. The highest BCUT2D eigenvalue weighted by molar-refractivity contribution is 7.92. The summed E-state index contributed by atoms with van der Waals surface area (Å²) in [5.41, 5.74) is 0.339. The molecule has 1 atom stereocenters. The van der Waals surface area contributed by atoms with E-state index in [2.05, 4.69) is 5.32 Å². The fourth-order valence-corrected chi connectivity index (χ4v) is 3.03. The van der Waals surface area contributed by atoms with Crippen LogP contribution in [0.25, 0.3) is 0 Å². The number of hydrogen-bond acceptors (Lipinski definition) is 6. The van der Waals surface area contributed by atoms with Crippen molar-refractivity contribution in [1.29, 1.82) is 0 Å². The summed E-state index contributed by atoms with van der Waals surface area (Å²) in [6, 6.07) is 4.50. The molecule has 0 saturated heterocycles. The Morgan fingerprint density at radius 1 is 1.39 bits per heavy atom. The van der Waals surface area contributed by atoms with E-state index >= 15 is 0 Å². The Labute approximate surface area is 135 Å².